The van der Waals surface area contributed by atoms with Crippen molar-refractivity contribution in [2.24, 2.45) is 0 Å². The van der Waals surface area contributed by atoms with E-state index in [1.807, 2.05) is 24.3 Å². The van der Waals surface area contributed by atoms with Crippen molar-refractivity contribution in [3.05, 3.63) is 66.2 Å². The van der Waals surface area contributed by atoms with E-state index in [-0.39, 0.29) is 17.8 Å². The Morgan fingerprint density at radius 1 is 1.03 bits per heavy atom. The number of aliphatic hydroxyl groups is 1. The van der Waals surface area contributed by atoms with E-state index in [4.69, 9.17) is 0 Å². The lowest BCUT2D eigenvalue weighted by molar-refractivity contribution is -0.148. The highest BCUT2D eigenvalue weighted by Gasteiger charge is 2.32. The van der Waals surface area contributed by atoms with Gasteiger partial charge in [0, 0.05) is 41.9 Å². The summed E-state index contributed by atoms with van der Waals surface area (Å²) in [7, 11) is 0. The first-order chi connectivity index (χ1) is 14.7. The number of carbonyl (C=O) groups excluding carboxylic acids is 2. The van der Waals surface area contributed by atoms with Crippen LogP contribution < -0.4 is 5.32 Å². The number of nitrogens with zero attached hydrogens (tertiary/aromatic N) is 2. The highest BCUT2D eigenvalue weighted by atomic mass is 19.1. The maximum absolute atomic E-state index is 13.4. The molecule has 2 heterocycles. The average Bonchev–Trinajstić information content (AvgIpc) is 3.17. The summed E-state index contributed by atoms with van der Waals surface area (Å²) in [5.74, 6) is -0.235. The number of hydrogen-bond donors (Lipinski definition) is 2. The van der Waals surface area contributed by atoms with E-state index >= 15 is 0 Å². The number of amides is 2. The molecule has 7 heteroatoms. The van der Waals surface area contributed by atoms with Crippen molar-refractivity contribution in [1.29, 1.82) is 0 Å². The molecule has 1 saturated heterocycles. The van der Waals surface area contributed by atoms with Crippen LogP contribution in [0.25, 0.3) is 10.8 Å². The molecule has 1 aliphatic heterocycles. The number of fused-ring (bicyclic) bond motifs is 1. The normalized spacial score (nSPS) is 15.3. The molecule has 0 bridgehead atoms. The predicted octanol–water partition coefficient (Wildman–Crippen LogP) is 4.34. The maximum atomic E-state index is 13.4. The van der Waals surface area contributed by atoms with E-state index < -0.39 is 5.60 Å². The third-order valence-electron chi connectivity index (χ3n) is 5.78. The summed E-state index contributed by atoms with van der Waals surface area (Å²) in [6.45, 7) is 4.27. The fourth-order valence-electron chi connectivity index (χ4n) is 4.06. The Morgan fingerprint density at radius 2 is 1.68 bits per heavy atom. The van der Waals surface area contributed by atoms with Crippen LogP contribution in [0.2, 0.25) is 0 Å². The van der Waals surface area contributed by atoms with E-state index in [1.165, 1.54) is 30.5 Å². The van der Waals surface area contributed by atoms with E-state index in [0.717, 1.165) is 23.8 Å². The summed E-state index contributed by atoms with van der Waals surface area (Å²) in [6.07, 6.45) is 4.94. The zero-order valence-corrected chi connectivity index (χ0v) is 17.6. The molecular formula is C24H26FN3O3. The molecule has 0 aliphatic carbocycles. The van der Waals surface area contributed by atoms with Gasteiger partial charge in [-0.05, 0) is 68.5 Å². The molecule has 2 amide bonds. The molecule has 2 aromatic carbocycles. The molecular weight excluding hydrogens is 397 g/mol. The van der Waals surface area contributed by atoms with Gasteiger partial charge in [0.25, 0.3) is 5.91 Å². The van der Waals surface area contributed by atoms with Crippen LogP contribution in [-0.2, 0) is 4.79 Å². The molecule has 4 rings (SSSR count). The van der Waals surface area contributed by atoms with E-state index in [0.29, 0.717) is 30.1 Å². The minimum atomic E-state index is -1.34. The van der Waals surface area contributed by atoms with Crippen molar-refractivity contribution in [2.45, 2.75) is 38.2 Å². The first-order valence-corrected chi connectivity index (χ1v) is 10.4. The van der Waals surface area contributed by atoms with Crippen LogP contribution in [0.15, 0.2) is 54.9 Å². The zero-order chi connectivity index (χ0) is 22.2. The molecule has 6 nitrogen and oxygen atoms in total. The number of anilines is 1. The molecule has 1 fully saturated rings. The fourth-order valence-corrected chi connectivity index (χ4v) is 4.06. The lowest BCUT2D eigenvalue weighted by atomic mass is 9.89. The van der Waals surface area contributed by atoms with Crippen molar-refractivity contribution < 1.29 is 19.1 Å². The van der Waals surface area contributed by atoms with E-state index in [1.54, 1.807) is 23.4 Å². The number of piperidine rings is 1. The summed E-state index contributed by atoms with van der Waals surface area (Å²) in [4.78, 5) is 26.5. The second-order valence-corrected chi connectivity index (χ2v) is 8.62. The number of halogens is 1. The summed E-state index contributed by atoms with van der Waals surface area (Å²) in [6, 6.07) is 11.8. The van der Waals surface area contributed by atoms with Gasteiger partial charge in [0.05, 0.1) is 0 Å². The van der Waals surface area contributed by atoms with Crippen molar-refractivity contribution in [2.75, 3.05) is 18.4 Å². The second kappa shape index (κ2) is 8.15. The number of likely N-dealkylation sites (tertiary alicyclic amines) is 1. The monoisotopic (exact) mass is 423 g/mol. The van der Waals surface area contributed by atoms with Gasteiger partial charge >= 0.3 is 6.03 Å². The van der Waals surface area contributed by atoms with Gasteiger partial charge in [-0.2, -0.15) is 0 Å². The molecule has 162 valence electrons. The third-order valence-corrected chi connectivity index (χ3v) is 5.78. The van der Waals surface area contributed by atoms with Crippen LogP contribution in [0, 0.1) is 5.82 Å². The van der Waals surface area contributed by atoms with Gasteiger partial charge in [0.1, 0.15) is 11.4 Å². The van der Waals surface area contributed by atoms with Crippen LogP contribution in [0.3, 0.4) is 0 Å². The first kappa shape index (κ1) is 21.1. The molecule has 3 aromatic rings. The van der Waals surface area contributed by atoms with Gasteiger partial charge in [-0.3, -0.25) is 9.36 Å². The predicted molar refractivity (Wildman–Crippen MR) is 118 cm³/mol. The van der Waals surface area contributed by atoms with Crippen molar-refractivity contribution in [3.63, 3.8) is 0 Å². The summed E-state index contributed by atoms with van der Waals surface area (Å²) < 4.78 is 14.8. The number of hydrogen-bond acceptors (Lipinski definition) is 3. The highest BCUT2D eigenvalue weighted by Crippen LogP contribution is 2.30. The van der Waals surface area contributed by atoms with Crippen LogP contribution in [0.5, 0.6) is 0 Å². The zero-order valence-electron chi connectivity index (χ0n) is 17.6. The molecule has 0 spiro atoms. The molecule has 0 unspecified atom stereocenters. The van der Waals surface area contributed by atoms with Crippen molar-refractivity contribution in [3.8, 4) is 0 Å². The lowest BCUT2D eigenvalue weighted by Crippen LogP contribution is -2.48. The Bertz CT molecular complexity index is 1110. The third kappa shape index (κ3) is 4.61. The second-order valence-electron chi connectivity index (χ2n) is 8.62. The maximum Gasteiger partial charge on any atom is 0.329 e. The quantitative estimate of drug-likeness (QED) is 0.658. The lowest BCUT2D eigenvalue weighted by Gasteiger charge is -2.35. The van der Waals surface area contributed by atoms with Crippen LogP contribution in [-0.4, -0.2) is 45.2 Å². The first-order valence-electron chi connectivity index (χ1n) is 10.4. The molecule has 2 N–H and O–H groups in total. The van der Waals surface area contributed by atoms with Gasteiger partial charge < -0.3 is 15.3 Å². The molecule has 0 radical (unpaired) electrons. The Labute approximate surface area is 180 Å². The number of nitrogens with one attached hydrogen (secondary N) is 1. The SMILES string of the molecule is CC(C)(O)C(=O)N1CCC(c2ccc(NC(=O)n3cc4ccc(F)cc4c3)cc2)CC1. The summed E-state index contributed by atoms with van der Waals surface area (Å²) in [5.41, 5.74) is 0.495. The Morgan fingerprint density at radius 3 is 2.32 bits per heavy atom. The Kier molecular flexibility index (Phi) is 5.54. The fraction of sp³-hybridized carbons (Fsp3) is 0.333. The number of rotatable bonds is 3. The van der Waals surface area contributed by atoms with Gasteiger partial charge in [-0.15, -0.1) is 0 Å². The van der Waals surface area contributed by atoms with Gasteiger partial charge in [0.15, 0.2) is 0 Å². The molecule has 0 atom stereocenters. The standard InChI is InChI=1S/C24H26FN3O3/c1-24(2,31)22(29)27-11-9-17(10-12-27)16-4-7-21(8-5-16)26-23(30)28-14-18-3-6-20(25)13-19(18)15-28/h3-8,13-15,17,31H,9-12H2,1-2H3,(H,26,30). The summed E-state index contributed by atoms with van der Waals surface area (Å²) in [5, 5.41) is 14.2. The minimum Gasteiger partial charge on any atom is -0.381 e. The Balaban J connectivity index is 1.37. The van der Waals surface area contributed by atoms with Crippen molar-refractivity contribution >= 4 is 28.4 Å². The molecule has 31 heavy (non-hydrogen) atoms. The van der Waals surface area contributed by atoms with E-state index in [2.05, 4.69) is 5.32 Å². The average molecular weight is 423 g/mol. The molecule has 0 saturated carbocycles. The number of aromatic nitrogens is 1. The Hall–Kier alpha value is -3.19. The van der Waals surface area contributed by atoms with Crippen LogP contribution in [0.4, 0.5) is 14.9 Å². The summed E-state index contributed by atoms with van der Waals surface area (Å²) >= 11 is 0. The smallest absolute Gasteiger partial charge is 0.329 e. The molecule has 1 aliphatic rings. The highest BCUT2D eigenvalue weighted by molar-refractivity contribution is 5.95. The van der Waals surface area contributed by atoms with Crippen LogP contribution >= 0.6 is 0 Å². The van der Waals surface area contributed by atoms with Gasteiger partial charge in [0.2, 0.25) is 0 Å². The van der Waals surface area contributed by atoms with Gasteiger partial charge in [-0.25, -0.2) is 9.18 Å². The van der Waals surface area contributed by atoms with Gasteiger partial charge in [-0.1, -0.05) is 12.1 Å². The van der Waals surface area contributed by atoms with Crippen molar-refractivity contribution in [1.82, 2.24) is 9.47 Å². The number of carbonyl (C=O) groups is 2. The topological polar surface area (TPSA) is 74.6 Å². The van der Waals surface area contributed by atoms with E-state index in [9.17, 15) is 19.1 Å². The minimum absolute atomic E-state index is 0.232. The largest absolute Gasteiger partial charge is 0.381 e. The van der Waals surface area contributed by atoms with Crippen LogP contribution in [0.1, 0.15) is 38.2 Å². The number of benzene rings is 2. The molecule has 1 aromatic heterocycles.